The van der Waals surface area contributed by atoms with Gasteiger partial charge in [0.25, 0.3) is 5.91 Å². The molecule has 1 aromatic heterocycles. The number of anilines is 1. The van der Waals surface area contributed by atoms with Gasteiger partial charge >= 0.3 is 0 Å². The normalized spacial score (nSPS) is 15.3. The van der Waals surface area contributed by atoms with E-state index in [0.717, 1.165) is 25.9 Å². The third-order valence-corrected chi connectivity index (χ3v) is 4.21. The SMILES string of the molecule is COc1ccc(NC(=O)c2nnn(C3CCNCC3)c2C)cc1F. The van der Waals surface area contributed by atoms with E-state index < -0.39 is 11.7 Å². The standard InChI is InChI=1S/C16H20FN5O2/c1-10-15(20-21-22(10)12-5-7-18-8-6-12)16(23)19-11-3-4-14(24-2)13(17)9-11/h3-4,9,12,18H,5-8H2,1-2H3,(H,19,23). The van der Waals surface area contributed by atoms with E-state index in [-0.39, 0.29) is 17.5 Å². The van der Waals surface area contributed by atoms with Gasteiger partial charge in [0.1, 0.15) is 0 Å². The summed E-state index contributed by atoms with van der Waals surface area (Å²) in [5, 5.41) is 14.1. The number of amides is 1. The van der Waals surface area contributed by atoms with Crippen LogP contribution in [-0.4, -0.2) is 41.1 Å². The summed E-state index contributed by atoms with van der Waals surface area (Å²) in [4.78, 5) is 12.4. The average Bonchev–Trinajstić information content (AvgIpc) is 2.97. The van der Waals surface area contributed by atoms with Gasteiger partial charge in [-0.05, 0) is 45.0 Å². The van der Waals surface area contributed by atoms with Gasteiger partial charge in [0, 0.05) is 11.8 Å². The molecule has 0 aliphatic carbocycles. The van der Waals surface area contributed by atoms with Gasteiger partial charge in [-0.3, -0.25) is 4.79 Å². The molecule has 0 bridgehead atoms. The van der Waals surface area contributed by atoms with Crippen molar-refractivity contribution in [3.63, 3.8) is 0 Å². The molecule has 24 heavy (non-hydrogen) atoms. The Hall–Kier alpha value is -2.48. The maximum Gasteiger partial charge on any atom is 0.278 e. The number of methoxy groups -OCH3 is 1. The van der Waals surface area contributed by atoms with Crippen LogP contribution >= 0.6 is 0 Å². The second-order valence-corrected chi connectivity index (χ2v) is 5.75. The largest absolute Gasteiger partial charge is 0.494 e. The highest BCUT2D eigenvalue weighted by Gasteiger charge is 2.23. The average molecular weight is 333 g/mol. The molecule has 1 aliphatic rings. The lowest BCUT2D eigenvalue weighted by Crippen LogP contribution is -2.30. The van der Waals surface area contributed by atoms with Crippen molar-refractivity contribution in [2.45, 2.75) is 25.8 Å². The topological polar surface area (TPSA) is 81.1 Å². The molecule has 1 amide bonds. The zero-order chi connectivity index (χ0) is 17.1. The predicted octanol–water partition coefficient (Wildman–Crippen LogP) is 1.91. The number of hydrogen-bond donors (Lipinski definition) is 2. The van der Waals surface area contributed by atoms with Crippen LogP contribution < -0.4 is 15.4 Å². The van der Waals surface area contributed by atoms with Crippen LogP contribution in [-0.2, 0) is 0 Å². The van der Waals surface area contributed by atoms with Gasteiger partial charge in [0.05, 0.1) is 18.8 Å². The maximum absolute atomic E-state index is 13.7. The Bertz CT molecular complexity index is 740. The first-order valence-electron chi connectivity index (χ1n) is 7.87. The Morgan fingerprint density at radius 3 is 2.83 bits per heavy atom. The lowest BCUT2D eigenvalue weighted by atomic mass is 10.1. The number of ether oxygens (including phenoxy) is 1. The van der Waals surface area contributed by atoms with Gasteiger partial charge in [-0.25, -0.2) is 9.07 Å². The molecule has 0 spiro atoms. The van der Waals surface area contributed by atoms with Crippen LogP contribution in [0.15, 0.2) is 18.2 Å². The van der Waals surface area contributed by atoms with Crippen LogP contribution in [0.25, 0.3) is 0 Å². The Morgan fingerprint density at radius 2 is 2.17 bits per heavy atom. The second kappa shape index (κ2) is 6.96. The number of carbonyl (C=O) groups excluding carboxylic acids is 1. The Kier molecular flexibility index (Phi) is 4.75. The van der Waals surface area contributed by atoms with Crippen molar-refractivity contribution < 1.29 is 13.9 Å². The summed E-state index contributed by atoms with van der Waals surface area (Å²) in [6, 6.07) is 4.50. The highest BCUT2D eigenvalue weighted by atomic mass is 19.1. The minimum absolute atomic E-state index is 0.126. The number of rotatable bonds is 4. The molecule has 7 nitrogen and oxygen atoms in total. The number of nitrogens with zero attached hydrogens (tertiary/aromatic N) is 3. The molecule has 3 rings (SSSR count). The second-order valence-electron chi connectivity index (χ2n) is 5.75. The molecule has 1 fully saturated rings. The maximum atomic E-state index is 13.7. The summed E-state index contributed by atoms with van der Waals surface area (Å²) in [5.41, 5.74) is 1.31. The minimum atomic E-state index is -0.537. The van der Waals surface area contributed by atoms with Gasteiger partial charge < -0.3 is 15.4 Å². The molecule has 2 aromatic rings. The summed E-state index contributed by atoms with van der Waals surface area (Å²) < 4.78 is 20.4. The van der Waals surface area contributed by atoms with Crippen molar-refractivity contribution in [1.29, 1.82) is 0 Å². The van der Waals surface area contributed by atoms with Gasteiger partial charge in [0.2, 0.25) is 0 Å². The number of carbonyl (C=O) groups is 1. The molecule has 0 unspecified atom stereocenters. The van der Waals surface area contributed by atoms with Crippen LogP contribution in [0.3, 0.4) is 0 Å². The molecule has 2 heterocycles. The van der Waals surface area contributed by atoms with E-state index in [1.54, 1.807) is 6.07 Å². The molecule has 0 radical (unpaired) electrons. The zero-order valence-electron chi connectivity index (χ0n) is 13.7. The molecule has 0 saturated carbocycles. The predicted molar refractivity (Wildman–Crippen MR) is 86.8 cm³/mol. The van der Waals surface area contributed by atoms with Gasteiger partial charge in [-0.15, -0.1) is 5.10 Å². The van der Waals surface area contributed by atoms with Gasteiger partial charge in [-0.1, -0.05) is 5.21 Å². The van der Waals surface area contributed by atoms with E-state index in [1.165, 1.54) is 19.2 Å². The lowest BCUT2D eigenvalue weighted by molar-refractivity contribution is 0.102. The van der Waals surface area contributed by atoms with E-state index in [2.05, 4.69) is 20.9 Å². The Morgan fingerprint density at radius 1 is 1.42 bits per heavy atom. The fourth-order valence-corrected chi connectivity index (χ4v) is 2.88. The monoisotopic (exact) mass is 333 g/mol. The molecule has 128 valence electrons. The third kappa shape index (κ3) is 3.23. The van der Waals surface area contributed by atoms with Crippen molar-refractivity contribution in [3.8, 4) is 5.75 Å². The van der Waals surface area contributed by atoms with E-state index in [0.29, 0.717) is 11.4 Å². The Labute approximate surface area is 139 Å². The molecule has 8 heteroatoms. The smallest absolute Gasteiger partial charge is 0.278 e. The molecule has 1 aromatic carbocycles. The van der Waals surface area contributed by atoms with Crippen molar-refractivity contribution in [2.24, 2.45) is 0 Å². The first kappa shape index (κ1) is 16.4. The highest BCUT2D eigenvalue weighted by Crippen LogP contribution is 2.23. The molecule has 1 saturated heterocycles. The lowest BCUT2D eigenvalue weighted by Gasteiger charge is -2.23. The van der Waals surface area contributed by atoms with Crippen LogP contribution in [0.4, 0.5) is 10.1 Å². The van der Waals surface area contributed by atoms with Crippen LogP contribution in [0.2, 0.25) is 0 Å². The summed E-state index contributed by atoms with van der Waals surface area (Å²) in [6.07, 6.45) is 1.91. The number of piperidine rings is 1. The van der Waals surface area contributed by atoms with E-state index in [1.807, 2.05) is 11.6 Å². The van der Waals surface area contributed by atoms with Crippen molar-refractivity contribution in [2.75, 3.05) is 25.5 Å². The fourth-order valence-electron chi connectivity index (χ4n) is 2.88. The highest BCUT2D eigenvalue weighted by molar-refractivity contribution is 6.03. The van der Waals surface area contributed by atoms with Gasteiger partial charge in [-0.2, -0.15) is 0 Å². The van der Waals surface area contributed by atoms with Crippen molar-refractivity contribution in [3.05, 3.63) is 35.4 Å². The fraction of sp³-hybridized carbons (Fsp3) is 0.438. The van der Waals surface area contributed by atoms with Crippen LogP contribution in [0.5, 0.6) is 5.75 Å². The number of aromatic nitrogens is 3. The van der Waals surface area contributed by atoms with Crippen molar-refractivity contribution >= 4 is 11.6 Å². The molecule has 1 aliphatic heterocycles. The van der Waals surface area contributed by atoms with Gasteiger partial charge in [0.15, 0.2) is 17.3 Å². The number of benzene rings is 1. The Balaban J connectivity index is 1.75. The minimum Gasteiger partial charge on any atom is -0.494 e. The quantitative estimate of drug-likeness (QED) is 0.893. The third-order valence-electron chi connectivity index (χ3n) is 4.21. The number of halogens is 1. The van der Waals surface area contributed by atoms with Crippen LogP contribution in [0.1, 0.15) is 35.1 Å². The van der Waals surface area contributed by atoms with Crippen molar-refractivity contribution in [1.82, 2.24) is 20.3 Å². The number of nitrogens with one attached hydrogen (secondary N) is 2. The zero-order valence-corrected chi connectivity index (χ0v) is 13.7. The number of hydrogen-bond acceptors (Lipinski definition) is 5. The summed E-state index contributed by atoms with van der Waals surface area (Å²) >= 11 is 0. The first-order valence-corrected chi connectivity index (χ1v) is 7.87. The van der Waals surface area contributed by atoms with E-state index in [4.69, 9.17) is 4.74 Å². The molecule has 2 N–H and O–H groups in total. The summed E-state index contributed by atoms with van der Waals surface area (Å²) in [6.45, 7) is 3.68. The molecule has 0 atom stereocenters. The molecular formula is C16H20FN5O2. The first-order chi connectivity index (χ1) is 11.6. The van der Waals surface area contributed by atoms with Crippen LogP contribution in [0, 0.1) is 12.7 Å². The summed E-state index contributed by atoms with van der Waals surface area (Å²) in [5.74, 6) is -0.816. The van der Waals surface area contributed by atoms with E-state index in [9.17, 15) is 9.18 Å². The molecular weight excluding hydrogens is 313 g/mol. The summed E-state index contributed by atoms with van der Waals surface area (Å²) in [7, 11) is 1.39. The van der Waals surface area contributed by atoms with E-state index >= 15 is 0 Å².